The van der Waals surface area contributed by atoms with Crippen molar-refractivity contribution in [2.24, 2.45) is 0 Å². The minimum absolute atomic E-state index is 0.0469. The predicted octanol–water partition coefficient (Wildman–Crippen LogP) is 13.9. The third-order valence-corrected chi connectivity index (χ3v) is 12.9. The van der Waals surface area contributed by atoms with Crippen LogP contribution in [0.3, 0.4) is 0 Å². The molecular formula is C62H55N4O4+. The molecule has 70 heavy (non-hydrogen) atoms. The van der Waals surface area contributed by atoms with Crippen molar-refractivity contribution in [1.29, 1.82) is 0 Å². The van der Waals surface area contributed by atoms with E-state index in [1.165, 1.54) is 0 Å². The molecule has 0 aromatic heterocycles. The second-order valence-electron chi connectivity index (χ2n) is 18.4. The number of hydrogen-bond donors (Lipinski definition) is 3. The summed E-state index contributed by atoms with van der Waals surface area (Å²) in [6.45, 7) is 16.3. The lowest BCUT2D eigenvalue weighted by atomic mass is 9.78. The van der Waals surface area contributed by atoms with Gasteiger partial charge in [-0.2, -0.15) is 4.58 Å². The lowest BCUT2D eigenvalue weighted by molar-refractivity contribution is -0.111. The van der Waals surface area contributed by atoms with Gasteiger partial charge >= 0.3 is 0 Å². The van der Waals surface area contributed by atoms with Crippen molar-refractivity contribution in [3.05, 3.63) is 254 Å². The number of benzene rings is 7. The van der Waals surface area contributed by atoms with Gasteiger partial charge < -0.3 is 20.6 Å². The summed E-state index contributed by atoms with van der Waals surface area (Å²) in [6, 6.07) is 49.1. The molecule has 8 nitrogen and oxygen atoms in total. The van der Waals surface area contributed by atoms with Gasteiger partial charge in [-0.05, 0) is 134 Å². The van der Waals surface area contributed by atoms with E-state index in [-0.39, 0.29) is 28.7 Å². The van der Waals surface area contributed by atoms with Crippen LogP contribution >= 0.6 is 0 Å². The lowest BCUT2D eigenvalue weighted by Crippen LogP contribution is -2.31. The number of anilines is 4. The Kier molecular flexibility index (Phi) is 12.7. The Bertz CT molecular complexity index is 3420. The highest BCUT2D eigenvalue weighted by Crippen LogP contribution is 2.45. The molecule has 9 rings (SSSR count). The fourth-order valence-electron chi connectivity index (χ4n) is 9.04. The van der Waals surface area contributed by atoms with E-state index in [0.29, 0.717) is 33.6 Å². The zero-order valence-electron chi connectivity index (χ0n) is 40.7. The van der Waals surface area contributed by atoms with Gasteiger partial charge in [-0.25, -0.2) is 0 Å². The molecule has 0 fully saturated rings. The van der Waals surface area contributed by atoms with E-state index in [1.807, 2.05) is 76.2 Å². The van der Waals surface area contributed by atoms with E-state index >= 15 is 0 Å². The second kappa shape index (κ2) is 19.2. The van der Waals surface area contributed by atoms with Gasteiger partial charge in [-0.15, -0.1) is 0 Å². The van der Waals surface area contributed by atoms with Crippen LogP contribution in [-0.2, 0) is 4.79 Å². The first kappa shape index (κ1) is 46.5. The van der Waals surface area contributed by atoms with Gasteiger partial charge in [0.05, 0.1) is 22.5 Å². The SMILES string of the molecule is Cc1ccc(C(=O)NC2=CC(=[N+](c3ccc(C)cc3)c3ccc(C)cc3C)C=C/C2=C2\C(=O)C(c3ccc(N(c4ccc(C)cc4)c4ccc(C)cc4C)cc3NC(=O)c3ccc(C)cc3)=C2O)cc1. The van der Waals surface area contributed by atoms with Crippen LogP contribution in [0.2, 0.25) is 0 Å². The number of aliphatic hydroxyl groups excluding tert-OH is 1. The van der Waals surface area contributed by atoms with Crippen molar-refractivity contribution in [3.8, 4) is 0 Å². The Morgan fingerprint density at radius 3 is 1.60 bits per heavy atom. The van der Waals surface area contributed by atoms with Crippen LogP contribution < -0.4 is 20.1 Å². The van der Waals surface area contributed by atoms with Crippen LogP contribution in [0, 0.1) is 55.4 Å². The third kappa shape index (κ3) is 9.32. The maximum atomic E-state index is 14.9. The van der Waals surface area contributed by atoms with Gasteiger partial charge in [-0.3, -0.25) is 14.4 Å². The highest BCUT2D eigenvalue weighted by atomic mass is 16.3. The molecule has 7 aromatic rings. The van der Waals surface area contributed by atoms with E-state index in [2.05, 4.69) is 133 Å². The fraction of sp³-hybridized carbons (Fsp3) is 0.129. The second-order valence-corrected chi connectivity index (χ2v) is 18.4. The van der Waals surface area contributed by atoms with Gasteiger partial charge in [0.15, 0.2) is 0 Å². The molecule has 0 bridgehead atoms. The first-order valence-electron chi connectivity index (χ1n) is 23.4. The summed E-state index contributed by atoms with van der Waals surface area (Å²) in [5, 5.41) is 18.5. The zero-order chi connectivity index (χ0) is 49.4. The van der Waals surface area contributed by atoms with Crippen LogP contribution in [0.25, 0.3) is 5.57 Å². The van der Waals surface area contributed by atoms with Crippen molar-refractivity contribution >= 4 is 63.0 Å². The molecule has 2 amide bonds. The molecule has 0 unspecified atom stereocenters. The van der Waals surface area contributed by atoms with Gasteiger partial charge in [0, 0.05) is 75.2 Å². The number of aryl methyl sites for hydroxylation is 8. The van der Waals surface area contributed by atoms with Crippen LogP contribution in [0.4, 0.5) is 34.1 Å². The topological polar surface area (TPSA) is 102 Å². The van der Waals surface area contributed by atoms with Crippen LogP contribution in [0.1, 0.15) is 70.8 Å². The maximum absolute atomic E-state index is 14.9. The highest BCUT2D eigenvalue weighted by Gasteiger charge is 2.40. The summed E-state index contributed by atoms with van der Waals surface area (Å²) < 4.78 is 2.12. The Labute approximate surface area is 410 Å². The van der Waals surface area contributed by atoms with Crippen molar-refractivity contribution in [3.63, 3.8) is 0 Å². The average molecular weight is 920 g/mol. The molecule has 0 spiro atoms. The smallest absolute Gasteiger partial charge is 0.255 e. The monoisotopic (exact) mass is 919 g/mol. The number of ketones is 1. The predicted molar refractivity (Wildman–Crippen MR) is 285 cm³/mol. The number of carbonyl (C=O) groups excluding carboxylic acids is 3. The molecule has 0 aliphatic heterocycles. The Hall–Kier alpha value is -8.62. The Morgan fingerprint density at radius 1 is 0.514 bits per heavy atom. The first-order chi connectivity index (χ1) is 33.6. The van der Waals surface area contributed by atoms with Crippen molar-refractivity contribution < 1.29 is 19.5 Å². The molecule has 8 heteroatoms. The number of hydrogen-bond acceptors (Lipinski definition) is 5. The number of allylic oxidation sites excluding steroid dienone is 5. The number of rotatable bonds is 10. The summed E-state index contributed by atoms with van der Waals surface area (Å²) in [7, 11) is 0. The summed E-state index contributed by atoms with van der Waals surface area (Å²) in [4.78, 5) is 45.2. The minimum atomic E-state index is -0.441. The third-order valence-electron chi connectivity index (χ3n) is 12.9. The maximum Gasteiger partial charge on any atom is 0.255 e. The quantitative estimate of drug-likeness (QED) is 0.0937. The number of Topliss-reactive ketones (excluding diaryl/α,β-unsaturated/α-hetero) is 1. The molecule has 3 N–H and O–H groups in total. The summed E-state index contributed by atoms with van der Waals surface area (Å²) in [5.41, 5.74) is 16.1. The molecular weight excluding hydrogens is 865 g/mol. The van der Waals surface area contributed by atoms with Gasteiger partial charge in [-0.1, -0.05) is 100 Å². The molecule has 346 valence electrons. The molecule has 0 saturated carbocycles. The van der Waals surface area contributed by atoms with E-state index in [1.54, 1.807) is 36.4 Å². The Morgan fingerprint density at radius 2 is 1.03 bits per heavy atom. The average Bonchev–Trinajstić information content (AvgIpc) is 3.33. The van der Waals surface area contributed by atoms with Crippen LogP contribution in [0.5, 0.6) is 0 Å². The highest BCUT2D eigenvalue weighted by molar-refractivity contribution is 6.40. The molecule has 2 aliphatic carbocycles. The molecule has 0 atom stereocenters. The minimum Gasteiger partial charge on any atom is -0.506 e. The summed E-state index contributed by atoms with van der Waals surface area (Å²) in [5.74, 6) is -1.44. The van der Waals surface area contributed by atoms with Gasteiger partial charge in [0.2, 0.25) is 22.9 Å². The van der Waals surface area contributed by atoms with E-state index in [0.717, 1.165) is 78.7 Å². The Balaban J connectivity index is 1.21. The molecule has 0 radical (unpaired) electrons. The van der Waals surface area contributed by atoms with E-state index < -0.39 is 5.78 Å². The van der Waals surface area contributed by atoms with Crippen molar-refractivity contribution in [1.82, 2.24) is 9.89 Å². The summed E-state index contributed by atoms with van der Waals surface area (Å²) >= 11 is 0. The first-order valence-corrected chi connectivity index (χ1v) is 23.4. The van der Waals surface area contributed by atoms with Gasteiger partial charge in [0.25, 0.3) is 11.8 Å². The molecule has 7 aromatic carbocycles. The van der Waals surface area contributed by atoms with Crippen LogP contribution in [0.15, 0.2) is 192 Å². The zero-order valence-corrected chi connectivity index (χ0v) is 40.7. The number of nitrogens with one attached hydrogen (secondary N) is 2. The molecule has 0 saturated heterocycles. The number of carbonyl (C=O) groups is 3. The normalized spacial score (nSPS) is 15.0. The fourth-order valence-corrected chi connectivity index (χ4v) is 9.04. The number of nitrogens with zero attached hydrogens (tertiary/aromatic N) is 2. The molecule has 2 aliphatic rings. The largest absolute Gasteiger partial charge is 0.506 e. The van der Waals surface area contributed by atoms with Crippen molar-refractivity contribution in [2.45, 2.75) is 55.4 Å². The van der Waals surface area contributed by atoms with E-state index in [9.17, 15) is 19.5 Å². The van der Waals surface area contributed by atoms with Gasteiger partial charge in [0.1, 0.15) is 5.76 Å². The standard InChI is InChI=1S/C62H54N4O4/c1-37-9-19-45(20-10-37)61(69)63-53-35-49(65(47-23-13-39(3)14-24-47)55-31-17-41(5)33-43(55)7)27-29-51(53)57-59(67)58(60(57)68)52-30-28-50(36-54(52)64-62(70)46-21-11-38(2)12-22-46)66(48-25-15-40(4)16-26-48)56-32-18-42(6)34-44(56)8/h9-36H,1-8H3,(H2,63,64,67,68,69,70)/p+1. The molecule has 0 heterocycles. The number of aliphatic hydroxyl groups is 1. The van der Waals surface area contributed by atoms with E-state index in [4.69, 9.17) is 0 Å². The lowest BCUT2D eigenvalue weighted by Gasteiger charge is -2.30. The van der Waals surface area contributed by atoms with Crippen LogP contribution in [-0.4, -0.2) is 28.4 Å². The number of amides is 2. The summed E-state index contributed by atoms with van der Waals surface area (Å²) in [6.07, 6.45) is 5.52. The van der Waals surface area contributed by atoms with Crippen molar-refractivity contribution in [2.75, 3.05) is 10.2 Å².